The predicted octanol–water partition coefficient (Wildman–Crippen LogP) is 0.339. The second-order valence-corrected chi connectivity index (χ2v) is 7.40. The highest BCUT2D eigenvalue weighted by atomic mass is 32.2. The number of anilines is 1. The second kappa shape index (κ2) is 7.24. The molecule has 0 aromatic carbocycles. The maximum absolute atomic E-state index is 11.6. The van der Waals surface area contributed by atoms with Gasteiger partial charge in [0, 0.05) is 18.3 Å². The van der Waals surface area contributed by atoms with Gasteiger partial charge in [0.15, 0.2) is 0 Å². The highest BCUT2D eigenvalue weighted by Crippen LogP contribution is 2.28. The van der Waals surface area contributed by atoms with Crippen molar-refractivity contribution in [3.63, 3.8) is 0 Å². The van der Waals surface area contributed by atoms with E-state index in [0.717, 1.165) is 12.8 Å². The number of nitrogens with zero attached hydrogens (tertiary/aromatic N) is 2. The number of carbonyl (C=O) groups is 1. The van der Waals surface area contributed by atoms with Gasteiger partial charge in [0.1, 0.15) is 10.7 Å². The minimum absolute atomic E-state index is 0.0582. The van der Waals surface area contributed by atoms with Crippen LogP contribution in [0, 0.1) is 0 Å². The first-order valence-electron chi connectivity index (χ1n) is 7.47. The van der Waals surface area contributed by atoms with Crippen LogP contribution in [0.4, 0.5) is 5.82 Å². The summed E-state index contributed by atoms with van der Waals surface area (Å²) in [4.78, 5) is 17.0. The lowest BCUT2D eigenvalue weighted by Gasteiger charge is -2.42. The van der Waals surface area contributed by atoms with E-state index < -0.39 is 16.0 Å². The van der Waals surface area contributed by atoms with E-state index in [1.54, 1.807) is 6.07 Å². The Labute approximate surface area is 136 Å². The Balaban J connectivity index is 1.87. The molecule has 128 valence electrons. The summed E-state index contributed by atoms with van der Waals surface area (Å²) in [5, 5.41) is 12.1. The van der Waals surface area contributed by atoms with Crippen LogP contribution in [0.1, 0.15) is 19.8 Å². The lowest BCUT2D eigenvalue weighted by Crippen LogP contribution is -2.51. The molecule has 1 aromatic heterocycles. The van der Waals surface area contributed by atoms with Crippen molar-refractivity contribution in [1.82, 2.24) is 14.6 Å². The monoisotopic (exact) mass is 342 g/mol. The Morgan fingerprint density at radius 2 is 2.13 bits per heavy atom. The third-order valence-electron chi connectivity index (χ3n) is 4.04. The van der Waals surface area contributed by atoms with Gasteiger partial charge < -0.3 is 10.4 Å². The van der Waals surface area contributed by atoms with E-state index in [2.05, 4.69) is 15.0 Å². The Morgan fingerprint density at radius 3 is 2.61 bits per heavy atom. The van der Waals surface area contributed by atoms with E-state index in [1.807, 2.05) is 11.8 Å². The number of pyridine rings is 1. The van der Waals surface area contributed by atoms with E-state index in [0.29, 0.717) is 12.4 Å². The summed E-state index contributed by atoms with van der Waals surface area (Å²) in [6.07, 6.45) is 3.01. The van der Waals surface area contributed by atoms with Crippen molar-refractivity contribution in [3.8, 4) is 0 Å². The average Bonchev–Trinajstić information content (AvgIpc) is 2.48. The third-order valence-corrected chi connectivity index (χ3v) is 5.44. The van der Waals surface area contributed by atoms with Crippen molar-refractivity contribution in [2.75, 3.05) is 25.5 Å². The van der Waals surface area contributed by atoms with Gasteiger partial charge in [0.25, 0.3) is 0 Å². The highest BCUT2D eigenvalue weighted by molar-refractivity contribution is 7.89. The van der Waals surface area contributed by atoms with Crippen LogP contribution in [0.3, 0.4) is 0 Å². The van der Waals surface area contributed by atoms with Crippen LogP contribution >= 0.6 is 0 Å². The first-order chi connectivity index (χ1) is 10.9. The van der Waals surface area contributed by atoms with Crippen molar-refractivity contribution in [1.29, 1.82) is 0 Å². The molecule has 1 aromatic rings. The molecule has 0 aliphatic heterocycles. The van der Waals surface area contributed by atoms with Gasteiger partial charge in [-0.05, 0) is 38.6 Å². The zero-order valence-corrected chi connectivity index (χ0v) is 14.0. The predicted molar refractivity (Wildman–Crippen MR) is 85.8 cm³/mol. The molecule has 0 amide bonds. The molecule has 1 aliphatic carbocycles. The Hall–Kier alpha value is -1.71. The first kappa shape index (κ1) is 17.6. The van der Waals surface area contributed by atoms with Crippen LogP contribution in [-0.2, 0) is 14.8 Å². The molecule has 1 fully saturated rings. The van der Waals surface area contributed by atoms with E-state index >= 15 is 0 Å². The summed E-state index contributed by atoms with van der Waals surface area (Å²) in [5.41, 5.74) is 0. The van der Waals surface area contributed by atoms with Crippen molar-refractivity contribution in [2.24, 2.45) is 0 Å². The van der Waals surface area contributed by atoms with E-state index in [9.17, 15) is 13.2 Å². The fraction of sp³-hybridized carbons (Fsp3) is 0.571. The summed E-state index contributed by atoms with van der Waals surface area (Å²) >= 11 is 0. The van der Waals surface area contributed by atoms with Gasteiger partial charge in [-0.25, -0.2) is 18.1 Å². The summed E-state index contributed by atoms with van der Waals surface area (Å²) < 4.78 is 25.5. The van der Waals surface area contributed by atoms with Crippen LogP contribution in [0.25, 0.3) is 0 Å². The van der Waals surface area contributed by atoms with E-state index in [-0.39, 0.29) is 23.5 Å². The Bertz CT molecular complexity index is 641. The summed E-state index contributed by atoms with van der Waals surface area (Å²) in [6.45, 7) is 2.72. The Kier molecular flexibility index (Phi) is 5.55. The van der Waals surface area contributed by atoms with Crippen molar-refractivity contribution >= 4 is 21.8 Å². The molecular formula is C14H22N4O4S. The van der Waals surface area contributed by atoms with Crippen LogP contribution < -0.4 is 10.0 Å². The molecular weight excluding hydrogens is 320 g/mol. The molecule has 0 radical (unpaired) electrons. The maximum atomic E-state index is 11.6. The standard InChI is InChI=1S/C14H22N4O4S/c1-3-18(9-14(19)20)11-6-10(7-11)17-13-5-4-12(8-16-13)23(21,22)15-2/h4-5,8,10-11,15H,3,6-7,9H2,1-2H3,(H,16,17)(H,19,20). The number of likely N-dealkylation sites (N-methyl/N-ethyl adjacent to an activating group) is 1. The SMILES string of the molecule is CCN(CC(=O)O)C1CC(Nc2ccc(S(=O)(=O)NC)cn2)C1. The van der Waals surface area contributed by atoms with Crippen LogP contribution in [0.15, 0.2) is 23.2 Å². The molecule has 23 heavy (non-hydrogen) atoms. The fourth-order valence-electron chi connectivity index (χ4n) is 2.63. The molecule has 1 saturated carbocycles. The number of hydrogen-bond donors (Lipinski definition) is 3. The molecule has 3 N–H and O–H groups in total. The lowest BCUT2D eigenvalue weighted by molar-refractivity contribution is -0.139. The van der Waals surface area contributed by atoms with Crippen molar-refractivity contribution in [3.05, 3.63) is 18.3 Å². The summed E-state index contributed by atoms with van der Waals surface area (Å²) in [7, 11) is -2.12. The topological polar surface area (TPSA) is 112 Å². The molecule has 0 spiro atoms. The van der Waals surface area contributed by atoms with Gasteiger partial charge in [0.2, 0.25) is 10.0 Å². The fourth-order valence-corrected chi connectivity index (χ4v) is 3.30. The van der Waals surface area contributed by atoms with Crippen LogP contribution in [0.2, 0.25) is 0 Å². The number of carboxylic acids is 1. The molecule has 1 heterocycles. The van der Waals surface area contributed by atoms with Gasteiger partial charge >= 0.3 is 5.97 Å². The molecule has 2 rings (SSSR count). The van der Waals surface area contributed by atoms with Gasteiger partial charge in [-0.2, -0.15) is 0 Å². The zero-order valence-electron chi connectivity index (χ0n) is 13.2. The summed E-state index contributed by atoms with van der Waals surface area (Å²) in [6, 6.07) is 3.62. The number of hydrogen-bond acceptors (Lipinski definition) is 6. The molecule has 9 heteroatoms. The minimum atomic E-state index is -3.47. The van der Waals surface area contributed by atoms with Gasteiger partial charge in [-0.15, -0.1) is 0 Å². The Morgan fingerprint density at radius 1 is 1.43 bits per heavy atom. The molecule has 0 atom stereocenters. The average molecular weight is 342 g/mol. The largest absolute Gasteiger partial charge is 0.480 e. The molecule has 0 bridgehead atoms. The van der Waals surface area contributed by atoms with Gasteiger partial charge in [-0.1, -0.05) is 6.92 Å². The smallest absolute Gasteiger partial charge is 0.317 e. The number of aromatic nitrogens is 1. The maximum Gasteiger partial charge on any atom is 0.317 e. The zero-order chi connectivity index (χ0) is 17.0. The molecule has 1 aliphatic rings. The quantitative estimate of drug-likeness (QED) is 0.624. The molecule has 0 saturated heterocycles. The van der Waals surface area contributed by atoms with Crippen molar-refractivity contribution in [2.45, 2.75) is 36.7 Å². The second-order valence-electron chi connectivity index (χ2n) is 5.51. The van der Waals surface area contributed by atoms with E-state index in [1.165, 1.54) is 19.3 Å². The highest BCUT2D eigenvalue weighted by Gasteiger charge is 2.33. The van der Waals surface area contributed by atoms with Crippen LogP contribution in [0.5, 0.6) is 0 Å². The number of sulfonamides is 1. The molecule has 8 nitrogen and oxygen atoms in total. The normalized spacial score (nSPS) is 21.0. The minimum Gasteiger partial charge on any atom is -0.480 e. The number of rotatable bonds is 8. The third kappa shape index (κ3) is 4.40. The first-order valence-corrected chi connectivity index (χ1v) is 8.96. The summed E-state index contributed by atoms with van der Waals surface area (Å²) in [5.74, 6) is -0.198. The van der Waals surface area contributed by atoms with Crippen LogP contribution in [-0.4, -0.2) is 61.6 Å². The number of nitrogens with one attached hydrogen (secondary N) is 2. The molecule has 0 unspecified atom stereocenters. The lowest BCUT2D eigenvalue weighted by atomic mass is 9.85. The van der Waals surface area contributed by atoms with Crippen molar-refractivity contribution < 1.29 is 18.3 Å². The number of aliphatic carboxylic acids is 1. The number of carboxylic acid groups (broad SMARTS) is 1. The van der Waals surface area contributed by atoms with Gasteiger partial charge in [0.05, 0.1) is 6.54 Å². The van der Waals surface area contributed by atoms with Gasteiger partial charge in [-0.3, -0.25) is 9.69 Å². The van der Waals surface area contributed by atoms with E-state index in [4.69, 9.17) is 5.11 Å².